The molecule has 112 valence electrons. The Morgan fingerprint density at radius 1 is 1.32 bits per heavy atom. The molecular weight excluding hydrogens is 255 g/mol. The summed E-state index contributed by atoms with van der Waals surface area (Å²) in [7, 11) is 0. The van der Waals surface area contributed by atoms with E-state index < -0.39 is 18.6 Å². The Hall–Kier alpha value is -0.290. The van der Waals surface area contributed by atoms with Gasteiger partial charge in [0, 0.05) is 12.6 Å². The smallest absolute Gasteiger partial charge is 0.375 e. The van der Waals surface area contributed by atoms with Crippen LogP contribution < -0.4 is 5.32 Å². The summed E-state index contributed by atoms with van der Waals surface area (Å²) >= 11 is 0. The molecule has 1 saturated heterocycles. The molecule has 2 atom stereocenters. The van der Waals surface area contributed by atoms with Gasteiger partial charge in [0.2, 0.25) is 0 Å². The Morgan fingerprint density at radius 2 is 2.00 bits per heavy atom. The predicted octanol–water partition coefficient (Wildman–Crippen LogP) is 3.66. The summed E-state index contributed by atoms with van der Waals surface area (Å²) in [6, 6.07) is -0.452. The molecule has 1 aliphatic heterocycles. The molecule has 1 heterocycles. The Kier molecular flexibility index (Phi) is 4.77. The van der Waals surface area contributed by atoms with Crippen molar-refractivity contribution >= 4 is 0 Å². The molecule has 0 bridgehead atoms. The predicted molar refractivity (Wildman–Crippen MR) is 68.0 cm³/mol. The van der Waals surface area contributed by atoms with Gasteiger partial charge in [0.15, 0.2) is 0 Å². The van der Waals surface area contributed by atoms with Gasteiger partial charge in [-0.3, -0.25) is 0 Å². The first-order valence-electron chi connectivity index (χ1n) is 7.38. The standard InChI is InChI=1S/C14H24F3NO/c1-2-18-12(10-14(15,16)17)11-5-8-19-13(9-11)6-3-4-7-13/h11-12,18H,2-10H2,1H3. The van der Waals surface area contributed by atoms with E-state index in [-0.39, 0.29) is 11.5 Å². The first-order chi connectivity index (χ1) is 8.94. The highest BCUT2D eigenvalue weighted by molar-refractivity contribution is 4.94. The second-order valence-electron chi connectivity index (χ2n) is 5.97. The SMILES string of the molecule is CCNC(CC(F)(F)F)C1CCOC2(CCCC2)C1. The Bertz CT molecular complexity index is 287. The Balaban J connectivity index is 1.99. The van der Waals surface area contributed by atoms with Gasteiger partial charge < -0.3 is 10.1 Å². The summed E-state index contributed by atoms with van der Waals surface area (Å²) in [5.74, 6) is 0.0911. The van der Waals surface area contributed by atoms with E-state index in [0.717, 1.165) is 38.5 Å². The van der Waals surface area contributed by atoms with E-state index in [1.807, 2.05) is 6.92 Å². The van der Waals surface area contributed by atoms with Crippen molar-refractivity contribution in [3.63, 3.8) is 0 Å². The summed E-state index contributed by atoms with van der Waals surface area (Å²) < 4.78 is 44.0. The van der Waals surface area contributed by atoms with Crippen molar-refractivity contribution in [3.8, 4) is 0 Å². The van der Waals surface area contributed by atoms with Crippen molar-refractivity contribution in [2.75, 3.05) is 13.2 Å². The van der Waals surface area contributed by atoms with Gasteiger partial charge in [-0.1, -0.05) is 19.8 Å². The fourth-order valence-corrected chi connectivity index (χ4v) is 3.69. The third kappa shape index (κ3) is 4.09. The zero-order chi connectivity index (χ0) is 13.9. The number of nitrogens with one attached hydrogen (secondary N) is 1. The highest BCUT2D eigenvalue weighted by Gasteiger charge is 2.44. The maximum atomic E-state index is 12.7. The molecule has 1 spiro atoms. The molecule has 0 aromatic heterocycles. The van der Waals surface area contributed by atoms with Gasteiger partial charge in [-0.2, -0.15) is 13.2 Å². The van der Waals surface area contributed by atoms with E-state index in [9.17, 15) is 13.2 Å². The maximum absolute atomic E-state index is 12.7. The van der Waals surface area contributed by atoms with Crippen LogP contribution in [-0.4, -0.2) is 31.0 Å². The van der Waals surface area contributed by atoms with Gasteiger partial charge in [-0.05, 0) is 38.1 Å². The third-order valence-electron chi connectivity index (χ3n) is 4.53. The van der Waals surface area contributed by atoms with E-state index in [1.54, 1.807) is 0 Å². The molecule has 2 nitrogen and oxygen atoms in total. The topological polar surface area (TPSA) is 21.3 Å². The van der Waals surface area contributed by atoms with Gasteiger partial charge in [0.1, 0.15) is 0 Å². The molecule has 1 saturated carbocycles. The highest BCUT2D eigenvalue weighted by atomic mass is 19.4. The van der Waals surface area contributed by atoms with Gasteiger partial charge in [0.05, 0.1) is 12.0 Å². The van der Waals surface area contributed by atoms with Crippen LogP contribution in [0.2, 0.25) is 0 Å². The van der Waals surface area contributed by atoms with E-state index in [2.05, 4.69) is 5.32 Å². The fraction of sp³-hybridized carbons (Fsp3) is 1.00. The summed E-state index contributed by atoms with van der Waals surface area (Å²) in [4.78, 5) is 0. The lowest BCUT2D eigenvalue weighted by Gasteiger charge is -2.41. The van der Waals surface area contributed by atoms with Crippen LogP contribution in [0.25, 0.3) is 0 Å². The largest absolute Gasteiger partial charge is 0.390 e. The van der Waals surface area contributed by atoms with E-state index in [0.29, 0.717) is 13.2 Å². The molecule has 2 unspecified atom stereocenters. The fourth-order valence-electron chi connectivity index (χ4n) is 3.69. The molecule has 0 radical (unpaired) electrons. The number of rotatable bonds is 4. The van der Waals surface area contributed by atoms with Crippen LogP contribution >= 0.6 is 0 Å². The van der Waals surface area contributed by atoms with Gasteiger partial charge >= 0.3 is 6.18 Å². The minimum absolute atomic E-state index is 0.0911. The molecule has 0 aromatic carbocycles. The lowest BCUT2D eigenvalue weighted by molar-refractivity contribution is -0.152. The van der Waals surface area contributed by atoms with Gasteiger partial charge in [-0.15, -0.1) is 0 Å². The highest BCUT2D eigenvalue weighted by Crippen LogP contribution is 2.43. The molecule has 2 aliphatic rings. The van der Waals surface area contributed by atoms with Crippen LogP contribution in [0.15, 0.2) is 0 Å². The average Bonchev–Trinajstić information content (AvgIpc) is 2.75. The molecule has 5 heteroatoms. The number of halogens is 3. The lowest BCUT2D eigenvalue weighted by atomic mass is 9.79. The lowest BCUT2D eigenvalue weighted by Crippen LogP contribution is -2.47. The molecule has 19 heavy (non-hydrogen) atoms. The first kappa shape index (κ1) is 15.1. The summed E-state index contributed by atoms with van der Waals surface area (Å²) in [5, 5.41) is 3.04. The molecule has 1 aliphatic carbocycles. The molecular formula is C14H24F3NO. The second kappa shape index (κ2) is 6.00. The Labute approximate surface area is 113 Å². The van der Waals surface area contributed by atoms with Crippen LogP contribution in [-0.2, 0) is 4.74 Å². The summed E-state index contributed by atoms with van der Waals surface area (Å²) in [5.41, 5.74) is -0.109. The number of ether oxygens (including phenoxy) is 1. The molecule has 0 aromatic rings. The van der Waals surface area contributed by atoms with Crippen molar-refractivity contribution in [3.05, 3.63) is 0 Å². The van der Waals surface area contributed by atoms with E-state index in [1.165, 1.54) is 0 Å². The minimum Gasteiger partial charge on any atom is -0.375 e. The normalized spacial score (nSPS) is 28.7. The van der Waals surface area contributed by atoms with Crippen molar-refractivity contribution in [2.45, 2.75) is 69.7 Å². The quantitative estimate of drug-likeness (QED) is 0.848. The molecule has 2 rings (SSSR count). The second-order valence-corrected chi connectivity index (χ2v) is 5.97. The van der Waals surface area contributed by atoms with Gasteiger partial charge in [0.25, 0.3) is 0 Å². The maximum Gasteiger partial charge on any atom is 0.390 e. The van der Waals surface area contributed by atoms with Gasteiger partial charge in [-0.25, -0.2) is 0 Å². The van der Waals surface area contributed by atoms with Crippen LogP contribution in [0.4, 0.5) is 13.2 Å². The van der Waals surface area contributed by atoms with Crippen molar-refractivity contribution < 1.29 is 17.9 Å². The minimum atomic E-state index is -4.09. The zero-order valence-electron chi connectivity index (χ0n) is 11.6. The summed E-state index contributed by atoms with van der Waals surface area (Å²) in [6.07, 6.45) is 1.07. The van der Waals surface area contributed by atoms with Crippen LogP contribution in [0.3, 0.4) is 0 Å². The Morgan fingerprint density at radius 3 is 2.58 bits per heavy atom. The first-order valence-corrected chi connectivity index (χ1v) is 7.38. The van der Waals surface area contributed by atoms with Crippen LogP contribution in [0.5, 0.6) is 0 Å². The van der Waals surface area contributed by atoms with Crippen molar-refractivity contribution in [1.29, 1.82) is 0 Å². The van der Waals surface area contributed by atoms with E-state index in [4.69, 9.17) is 4.74 Å². The average molecular weight is 279 g/mol. The zero-order valence-corrected chi connectivity index (χ0v) is 11.6. The van der Waals surface area contributed by atoms with Crippen LogP contribution in [0.1, 0.15) is 51.9 Å². The third-order valence-corrected chi connectivity index (χ3v) is 4.53. The molecule has 1 N–H and O–H groups in total. The monoisotopic (exact) mass is 279 g/mol. The summed E-state index contributed by atoms with van der Waals surface area (Å²) in [6.45, 7) is 3.07. The molecule has 2 fully saturated rings. The molecule has 0 amide bonds. The number of alkyl halides is 3. The van der Waals surface area contributed by atoms with Crippen molar-refractivity contribution in [2.24, 2.45) is 5.92 Å². The number of hydrogen-bond donors (Lipinski definition) is 1. The van der Waals surface area contributed by atoms with Crippen molar-refractivity contribution in [1.82, 2.24) is 5.32 Å². The van der Waals surface area contributed by atoms with Crippen LogP contribution in [0, 0.1) is 5.92 Å². The van der Waals surface area contributed by atoms with E-state index >= 15 is 0 Å². The number of hydrogen-bond acceptors (Lipinski definition) is 2.